The third-order valence-electron chi connectivity index (χ3n) is 16.8. The van der Waals surface area contributed by atoms with Gasteiger partial charge in [0.1, 0.15) is 5.97 Å². The predicted molar refractivity (Wildman–Crippen MR) is 308 cm³/mol. The summed E-state index contributed by atoms with van der Waals surface area (Å²) in [6.45, 7) is 17.2. The molecule has 10 heterocycles. The Kier molecular flexibility index (Phi) is 19.9. The average molecular weight is 1120 g/mol. The molecule has 6 fully saturated rings. The number of carbonyl (C=O) groups is 4. The Bertz CT molecular complexity index is 3120. The number of aryl methyl sites for hydroxylation is 2. The van der Waals surface area contributed by atoms with Crippen LogP contribution in [0.2, 0.25) is 0 Å². The largest absolute Gasteiger partial charge is 1.00 e. The van der Waals surface area contributed by atoms with Crippen LogP contribution in [0.4, 0.5) is 11.4 Å². The quantitative estimate of drug-likeness (QED) is 0.132. The summed E-state index contributed by atoms with van der Waals surface area (Å²) in [5.41, 5.74) is 9.39. The SMILES string of the molecule is C[C@H]1CC[C@H](c2ccc3sc(C4CCN(C)CC4)nc3c2)NC1.Cc1ncc(NC(=O)C(=O)N2C[C@@H](C)CC[C@@H]2c2ccc3sc(C4CCN(C)CC4)nc3c2)cc1C1COC1.Cc1ncc(NC(=O)C(=O)[O-])cc1C1COC1.[Li+]. The predicted octanol–water partition coefficient (Wildman–Crippen LogP) is 5.22. The summed E-state index contributed by atoms with van der Waals surface area (Å²) < 4.78 is 13.0. The van der Waals surface area contributed by atoms with Crippen LogP contribution in [0.1, 0.15) is 145 Å². The van der Waals surface area contributed by atoms with Crippen LogP contribution in [0.25, 0.3) is 20.4 Å². The van der Waals surface area contributed by atoms with Crippen molar-refractivity contribution >= 4 is 78.2 Å². The first-order valence-electron chi connectivity index (χ1n) is 28.3. The molecule has 0 bridgehead atoms. The maximum Gasteiger partial charge on any atom is 1.00 e. The van der Waals surface area contributed by atoms with Crippen LogP contribution >= 0.6 is 22.7 Å². The first-order chi connectivity index (χ1) is 38.1. The summed E-state index contributed by atoms with van der Waals surface area (Å²) in [6.07, 6.45) is 12.3. The van der Waals surface area contributed by atoms with Gasteiger partial charge in [-0.25, -0.2) is 9.97 Å². The van der Waals surface area contributed by atoms with Crippen LogP contribution in [0.3, 0.4) is 0 Å². The van der Waals surface area contributed by atoms with Crippen LogP contribution in [0, 0.1) is 25.7 Å². The van der Waals surface area contributed by atoms with Crippen molar-refractivity contribution in [2.24, 2.45) is 11.8 Å². The number of fused-ring (bicyclic) bond motifs is 2. The van der Waals surface area contributed by atoms with E-state index in [9.17, 15) is 24.3 Å². The van der Waals surface area contributed by atoms with Crippen molar-refractivity contribution in [3.63, 3.8) is 0 Å². The summed E-state index contributed by atoms with van der Waals surface area (Å²) in [5, 5.41) is 21.6. The van der Waals surface area contributed by atoms with Crippen LogP contribution in [-0.4, -0.2) is 138 Å². The zero-order valence-electron chi connectivity index (χ0n) is 47.4. The van der Waals surface area contributed by atoms with E-state index < -0.39 is 23.7 Å². The molecule has 0 aliphatic carbocycles. The van der Waals surface area contributed by atoms with E-state index in [4.69, 9.17) is 19.4 Å². The number of aromatic nitrogens is 4. The van der Waals surface area contributed by atoms with E-state index in [1.165, 1.54) is 75.5 Å². The van der Waals surface area contributed by atoms with Crippen LogP contribution in [-0.2, 0) is 28.7 Å². The fraction of sp³-hybridized carbons (Fsp3) is 0.533. The molecule has 0 spiro atoms. The Morgan fingerprint density at radius 3 is 1.59 bits per heavy atom. The minimum absolute atomic E-state index is 0. The summed E-state index contributed by atoms with van der Waals surface area (Å²) in [6, 6.07) is 17.4. The Morgan fingerprint density at radius 1 is 0.625 bits per heavy atom. The molecule has 80 heavy (non-hydrogen) atoms. The number of aliphatic carboxylic acids is 1. The number of hydrogen-bond acceptors (Lipinski definition) is 16. The van der Waals surface area contributed by atoms with Gasteiger partial charge in [0.2, 0.25) is 0 Å². The maximum absolute atomic E-state index is 13.5. The Balaban J connectivity index is 0.000000160. The number of nitrogens with zero attached hydrogens (tertiary/aromatic N) is 7. The Labute approximate surface area is 489 Å². The molecule has 17 nitrogen and oxygen atoms in total. The molecule has 6 aliphatic rings. The van der Waals surface area contributed by atoms with Gasteiger partial charge in [0.05, 0.1) is 86.7 Å². The standard InChI is InChI=1S/C30H37N5O3S.C19H27N3S.C11H12N2O4.Li/c1-18-4-6-26(21-5-7-27-25(12-21)33-29(39-27)20-8-10-34(3)11-9-20)35(15-18)30(37)28(36)32-23-13-24(19(2)31-14-23)22-16-38-17-22;1-13-3-5-16(20-12-13)15-4-6-18-17(11-15)21-19(23-18)14-7-9-22(2)10-8-14;1-6-9(7-4-17-5-7)2-8(3-12-6)13-10(14)11(15)16;/h5,7,12-14,18,20,22,26H,4,6,8-11,15-17H2,1-3H3,(H,32,36);4,6,11,13-14,16,20H,3,5,7-10,12H2,1-2H3;2-3,7H,4-5H2,1H3,(H,13,14)(H,15,16);/q;;;+1/p-1/t18-,26+;13-,16+;;/m00../s1. The van der Waals surface area contributed by atoms with Crippen LogP contribution in [0.15, 0.2) is 60.9 Å². The number of nitrogens with one attached hydrogen (secondary N) is 3. The van der Waals surface area contributed by atoms with Crippen molar-refractivity contribution in [1.82, 2.24) is 40.0 Å². The number of rotatable bonds is 8. The average Bonchev–Trinajstić information content (AvgIpc) is 4.06. The zero-order chi connectivity index (χ0) is 55.3. The molecular formula is C60H75LiN10O7S2. The number of thiazole rings is 2. The molecule has 0 unspecified atom stereocenters. The number of carboxylic acid groups (broad SMARTS) is 1. The number of carboxylic acids is 1. The number of amides is 3. The van der Waals surface area contributed by atoms with Gasteiger partial charge in [0, 0.05) is 47.6 Å². The number of ether oxygens (including phenoxy) is 2. The molecule has 6 saturated heterocycles. The molecular weight excluding hydrogens is 1040 g/mol. The van der Waals surface area contributed by atoms with Crippen molar-refractivity contribution in [3.8, 4) is 0 Å². The number of pyridine rings is 2. The zero-order valence-corrected chi connectivity index (χ0v) is 49.1. The van der Waals surface area contributed by atoms with Gasteiger partial charge in [0.15, 0.2) is 0 Å². The molecule has 3 N–H and O–H groups in total. The molecule has 6 aliphatic heterocycles. The van der Waals surface area contributed by atoms with E-state index in [0.29, 0.717) is 68.1 Å². The first kappa shape index (κ1) is 59.4. The van der Waals surface area contributed by atoms with Crippen molar-refractivity contribution in [3.05, 3.63) is 105 Å². The van der Waals surface area contributed by atoms with Crippen molar-refractivity contribution in [1.29, 1.82) is 0 Å². The molecule has 12 rings (SSSR count). The number of benzene rings is 2. The van der Waals surface area contributed by atoms with Gasteiger partial charge in [-0.3, -0.25) is 24.4 Å². The normalized spacial score (nSPS) is 22.4. The van der Waals surface area contributed by atoms with Gasteiger partial charge in [-0.1, -0.05) is 26.0 Å². The van der Waals surface area contributed by atoms with Gasteiger partial charge in [0.25, 0.3) is 5.91 Å². The van der Waals surface area contributed by atoms with E-state index in [2.05, 4.69) is 100 Å². The van der Waals surface area contributed by atoms with Crippen molar-refractivity contribution in [2.45, 2.75) is 115 Å². The Morgan fingerprint density at radius 2 is 1.11 bits per heavy atom. The van der Waals surface area contributed by atoms with Crippen LogP contribution in [0.5, 0.6) is 0 Å². The fourth-order valence-corrected chi connectivity index (χ4v) is 13.8. The van der Waals surface area contributed by atoms with E-state index in [1.54, 1.807) is 28.5 Å². The number of likely N-dealkylation sites (tertiary alicyclic amines) is 3. The second-order valence-corrected chi connectivity index (χ2v) is 25.1. The van der Waals surface area contributed by atoms with Crippen LogP contribution < -0.4 is 39.9 Å². The molecule has 4 aromatic heterocycles. The number of carbonyl (C=O) groups excluding carboxylic acids is 4. The minimum Gasteiger partial charge on any atom is -0.540 e. The molecule has 2 aromatic carbocycles. The molecule has 420 valence electrons. The summed E-state index contributed by atoms with van der Waals surface area (Å²) in [7, 11) is 4.40. The van der Waals surface area contributed by atoms with Gasteiger partial charge < -0.3 is 50.0 Å². The third kappa shape index (κ3) is 14.3. The first-order valence-corrected chi connectivity index (χ1v) is 29.9. The monoisotopic (exact) mass is 1120 g/mol. The van der Waals surface area contributed by atoms with E-state index >= 15 is 0 Å². The summed E-state index contributed by atoms with van der Waals surface area (Å²) in [5.74, 6) is -1.16. The third-order valence-corrected chi connectivity index (χ3v) is 19.2. The molecule has 0 saturated carbocycles. The van der Waals surface area contributed by atoms with Gasteiger partial charge in [-0.15, -0.1) is 22.7 Å². The smallest absolute Gasteiger partial charge is 0.540 e. The van der Waals surface area contributed by atoms with E-state index in [-0.39, 0.29) is 36.7 Å². The molecule has 6 aromatic rings. The molecule has 3 amide bonds. The number of hydrogen-bond donors (Lipinski definition) is 3. The second-order valence-electron chi connectivity index (χ2n) is 23.0. The van der Waals surface area contributed by atoms with Gasteiger partial charge >= 0.3 is 30.7 Å². The van der Waals surface area contributed by atoms with Gasteiger partial charge in [-0.05, 0) is 183 Å². The number of piperidine rings is 4. The maximum atomic E-state index is 13.5. The molecule has 20 heteroatoms. The van der Waals surface area contributed by atoms with Crippen molar-refractivity contribution < 1.29 is 52.6 Å². The Hall–Kier alpha value is -5.20. The molecule has 0 radical (unpaired) electrons. The minimum atomic E-state index is -1.76. The summed E-state index contributed by atoms with van der Waals surface area (Å²) >= 11 is 3.71. The van der Waals surface area contributed by atoms with Gasteiger partial charge in [-0.2, -0.15) is 0 Å². The van der Waals surface area contributed by atoms with E-state index in [1.807, 2.05) is 31.3 Å². The topological polar surface area (TPSA) is 207 Å². The number of anilines is 2. The second kappa shape index (κ2) is 26.8. The summed E-state index contributed by atoms with van der Waals surface area (Å²) in [4.78, 5) is 73.1. The van der Waals surface area contributed by atoms with E-state index in [0.717, 1.165) is 84.8 Å². The van der Waals surface area contributed by atoms with Crippen molar-refractivity contribution in [2.75, 3.05) is 90.4 Å². The molecule has 4 atom stereocenters. The fourth-order valence-electron chi connectivity index (χ4n) is 11.6.